The lowest BCUT2D eigenvalue weighted by atomic mass is 10.2. The first-order valence-corrected chi connectivity index (χ1v) is 11.4. The van der Waals surface area contributed by atoms with E-state index in [-0.39, 0.29) is 28.8 Å². The maximum Gasteiger partial charge on any atom is 0.267 e. The van der Waals surface area contributed by atoms with E-state index in [0.717, 1.165) is 6.07 Å². The lowest BCUT2D eigenvalue weighted by Gasteiger charge is -2.34. The molecule has 4 rings (SSSR count). The van der Waals surface area contributed by atoms with Crippen molar-refractivity contribution in [3.8, 4) is 5.75 Å². The monoisotopic (exact) mass is 460 g/mol. The summed E-state index contributed by atoms with van der Waals surface area (Å²) in [5.41, 5.74) is 1.28. The second-order valence-electron chi connectivity index (χ2n) is 6.97. The summed E-state index contributed by atoms with van der Waals surface area (Å²) in [7, 11) is -3.80. The van der Waals surface area contributed by atoms with Crippen LogP contribution < -0.4 is 14.4 Å². The summed E-state index contributed by atoms with van der Waals surface area (Å²) in [6.07, 6.45) is -1.11. The van der Waals surface area contributed by atoms with Crippen molar-refractivity contribution in [2.24, 2.45) is 0 Å². The molecule has 1 amide bonds. The third-order valence-electron chi connectivity index (χ3n) is 4.74. The maximum absolute atomic E-state index is 13.4. The summed E-state index contributed by atoms with van der Waals surface area (Å²) in [5, 5.41) is 2.46. The molecule has 1 atom stereocenters. The van der Waals surface area contributed by atoms with Crippen LogP contribution in [0.5, 0.6) is 5.75 Å². The van der Waals surface area contributed by atoms with Crippen molar-refractivity contribution in [2.75, 3.05) is 16.2 Å². The van der Waals surface area contributed by atoms with Gasteiger partial charge in [0.2, 0.25) is 10.0 Å². The molecule has 1 heterocycles. The molecule has 1 aliphatic heterocycles. The zero-order valence-electron chi connectivity index (χ0n) is 16.2. The summed E-state index contributed by atoms with van der Waals surface area (Å²) >= 11 is 5.76. The van der Waals surface area contributed by atoms with Gasteiger partial charge in [-0.25, -0.2) is 12.8 Å². The molecular weight excluding hydrogens is 443 g/mol. The van der Waals surface area contributed by atoms with Gasteiger partial charge in [-0.05, 0) is 35.9 Å². The Hall–Kier alpha value is -3.10. The normalized spacial score (nSPS) is 15.7. The van der Waals surface area contributed by atoms with Crippen molar-refractivity contribution in [3.05, 3.63) is 89.2 Å². The van der Waals surface area contributed by atoms with Gasteiger partial charge in [0.1, 0.15) is 11.6 Å². The zero-order chi connectivity index (χ0) is 22.0. The van der Waals surface area contributed by atoms with Gasteiger partial charge in [0.05, 0.1) is 23.0 Å². The van der Waals surface area contributed by atoms with Crippen LogP contribution in [-0.4, -0.2) is 27.0 Å². The number of ether oxygens (including phenoxy) is 1. The molecule has 0 bridgehead atoms. The molecule has 0 unspecified atom stereocenters. The summed E-state index contributed by atoms with van der Waals surface area (Å²) < 4.78 is 46.8. The minimum absolute atomic E-state index is 0.139. The molecule has 0 fully saturated rings. The van der Waals surface area contributed by atoms with Gasteiger partial charge in [-0.3, -0.25) is 9.10 Å². The fraction of sp³-hybridized carbons (Fsp3) is 0.136. The Labute approximate surface area is 184 Å². The van der Waals surface area contributed by atoms with E-state index in [1.807, 2.05) is 6.07 Å². The molecule has 0 aliphatic carbocycles. The second-order valence-corrected chi connectivity index (χ2v) is 9.27. The van der Waals surface area contributed by atoms with Crippen LogP contribution in [0.25, 0.3) is 0 Å². The standard InChI is InChI=1S/C22H18ClFN2O4S/c23-17-12-16(10-11-18(17)24)25-22(27)21-13-26(19-8-4-5-9-20(19)30-21)31(28,29)14-15-6-2-1-3-7-15/h1-12,21H,13-14H2,(H,25,27)/t21-/m0/s1. The van der Waals surface area contributed by atoms with Crippen molar-refractivity contribution < 1.29 is 22.3 Å². The Morgan fingerprint density at radius 1 is 1.10 bits per heavy atom. The molecule has 1 N–H and O–H groups in total. The van der Waals surface area contributed by atoms with Crippen molar-refractivity contribution in [3.63, 3.8) is 0 Å². The molecule has 3 aromatic carbocycles. The number of halogens is 2. The zero-order valence-corrected chi connectivity index (χ0v) is 17.7. The number of carbonyl (C=O) groups is 1. The number of fused-ring (bicyclic) bond motifs is 1. The van der Waals surface area contributed by atoms with Crippen LogP contribution in [0.3, 0.4) is 0 Å². The minimum Gasteiger partial charge on any atom is -0.476 e. The van der Waals surface area contributed by atoms with E-state index < -0.39 is 27.9 Å². The highest BCUT2D eigenvalue weighted by molar-refractivity contribution is 7.92. The van der Waals surface area contributed by atoms with Gasteiger partial charge in [0, 0.05) is 5.69 Å². The predicted octanol–water partition coefficient (Wildman–Crippen LogP) is 4.22. The number of rotatable bonds is 5. The maximum atomic E-state index is 13.4. The first-order chi connectivity index (χ1) is 14.8. The van der Waals surface area contributed by atoms with E-state index in [0.29, 0.717) is 11.3 Å². The van der Waals surface area contributed by atoms with Gasteiger partial charge in [0.25, 0.3) is 5.91 Å². The highest BCUT2D eigenvalue weighted by Gasteiger charge is 2.36. The number of sulfonamides is 1. The number of hydrogen-bond acceptors (Lipinski definition) is 4. The van der Waals surface area contributed by atoms with Gasteiger partial charge in [-0.2, -0.15) is 0 Å². The number of para-hydroxylation sites is 2. The van der Waals surface area contributed by atoms with Crippen LogP contribution >= 0.6 is 11.6 Å². The first-order valence-electron chi connectivity index (χ1n) is 9.39. The van der Waals surface area contributed by atoms with Crippen LogP contribution in [-0.2, 0) is 20.6 Å². The lowest BCUT2D eigenvalue weighted by Crippen LogP contribution is -2.49. The van der Waals surface area contributed by atoms with E-state index >= 15 is 0 Å². The topological polar surface area (TPSA) is 75.7 Å². The van der Waals surface area contributed by atoms with Crippen LogP contribution in [0, 0.1) is 5.82 Å². The van der Waals surface area contributed by atoms with Gasteiger partial charge in [-0.15, -0.1) is 0 Å². The van der Waals surface area contributed by atoms with E-state index in [1.165, 1.54) is 16.4 Å². The molecule has 6 nitrogen and oxygen atoms in total. The fourth-order valence-electron chi connectivity index (χ4n) is 3.26. The Kier molecular flexibility index (Phi) is 5.84. The van der Waals surface area contributed by atoms with E-state index in [4.69, 9.17) is 16.3 Å². The Morgan fingerprint density at radius 2 is 1.81 bits per heavy atom. The summed E-state index contributed by atoms with van der Waals surface area (Å²) in [6.45, 7) is -0.201. The number of amides is 1. The van der Waals surface area contributed by atoms with Gasteiger partial charge >= 0.3 is 0 Å². The molecule has 9 heteroatoms. The Morgan fingerprint density at radius 3 is 2.55 bits per heavy atom. The Balaban J connectivity index is 1.60. The predicted molar refractivity (Wildman–Crippen MR) is 117 cm³/mol. The first kappa shape index (κ1) is 21.1. The molecular formula is C22H18ClFN2O4S. The number of hydrogen-bond donors (Lipinski definition) is 1. The number of nitrogens with one attached hydrogen (secondary N) is 1. The van der Waals surface area contributed by atoms with Gasteiger partial charge in [-0.1, -0.05) is 54.1 Å². The van der Waals surface area contributed by atoms with Crippen molar-refractivity contribution in [1.82, 2.24) is 0 Å². The van der Waals surface area contributed by atoms with Crippen LogP contribution in [0.4, 0.5) is 15.8 Å². The summed E-state index contributed by atoms with van der Waals surface area (Å²) in [6, 6.07) is 19.2. The molecule has 1 aliphatic rings. The lowest BCUT2D eigenvalue weighted by molar-refractivity contribution is -0.122. The summed E-state index contributed by atoms with van der Waals surface area (Å²) in [4.78, 5) is 12.8. The van der Waals surface area contributed by atoms with Crippen molar-refractivity contribution in [2.45, 2.75) is 11.9 Å². The smallest absolute Gasteiger partial charge is 0.267 e. The van der Waals surface area contributed by atoms with Crippen LogP contribution in [0.2, 0.25) is 5.02 Å². The minimum atomic E-state index is -3.80. The Bertz CT molecular complexity index is 1220. The average molecular weight is 461 g/mol. The average Bonchev–Trinajstić information content (AvgIpc) is 2.76. The molecule has 160 valence electrons. The molecule has 0 saturated carbocycles. The van der Waals surface area contributed by atoms with E-state index in [1.54, 1.807) is 48.5 Å². The number of benzene rings is 3. The van der Waals surface area contributed by atoms with Gasteiger partial charge in [0.15, 0.2) is 6.10 Å². The number of anilines is 2. The van der Waals surface area contributed by atoms with E-state index in [2.05, 4.69) is 5.32 Å². The summed E-state index contributed by atoms with van der Waals surface area (Å²) in [5.74, 6) is -1.12. The largest absolute Gasteiger partial charge is 0.476 e. The third-order valence-corrected chi connectivity index (χ3v) is 6.75. The number of carbonyl (C=O) groups excluding carboxylic acids is 1. The van der Waals surface area contributed by atoms with Crippen LogP contribution in [0.1, 0.15) is 5.56 Å². The van der Waals surface area contributed by atoms with Crippen molar-refractivity contribution >= 4 is 38.9 Å². The molecule has 0 aromatic heterocycles. The van der Waals surface area contributed by atoms with Crippen molar-refractivity contribution in [1.29, 1.82) is 0 Å². The van der Waals surface area contributed by atoms with Crippen LogP contribution in [0.15, 0.2) is 72.8 Å². The van der Waals surface area contributed by atoms with Gasteiger partial charge < -0.3 is 10.1 Å². The highest BCUT2D eigenvalue weighted by Crippen LogP contribution is 2.36. The second kappa shape index (κ2) is 8.56. The number of nitrogens with zero attached hydrogens (tertiary/aromatic N) is 1. The fourth-order valence-corrected chi connectivity index (χ4v) is 5.02. The quantitative estimate of drug-likeness (QED) is 0.618. The molecule has 31 heavy (non-hydrogen) atoms. The SMILES string of the molecule is O=C(Nc1ccc(F)c(Cl)c1)[C@@H]1CN(S(=O)(=O)Cc2ccccc2)c2ccccc2O1. The molecule has 0 saturated heterocycles. The molecule has 0 radical (unpaired) electrons. The molecule has 3 aromatic rings. The third kappa shape index (κ3) is 4.65. The molecule has 0 spiro atoms. The highest BCUT2D eigenvalue weighted by atomic mass is 35.5. The van der Waals surface area contributed by atoms with E-state index in [9.17, 15) is 17.6 Å².